The van der Waals surface area contributed by atoms with Gasteiger partial charge in [-0.2, -0.15) is 0 Å². The fraction of sp³-hybridized carbons (Fsp3) is 0.895. The van der Waals surface area contributed by atoms with Crippen molar-refractivity contribution in [3.05, 3.63) is 22.8 Å². The Bertz CT molecular complexity index is 848. The molecule has 1 aliphatic rings. The smallest absolute Gasteiger partial charge is 0.259 e. The first-order valence-electron chi connectivity index (χ1n) is 18.9. The molecule has 1 aliphatic carbocycles. The highest BCUT2D eigenvalue weighted by molar-refractivity contribution is 7.44. The second-order valence-electron chi connectivity index (χ2n) is 13.8. The molecule has 0 N–H and O–H groups in total. The Kier molecular flexibility index (Phi) is 31.5. The molecule has 0 heterocycles. The number of unbranched alkanes of at least 4 members (excludes halogenated alkanes) is 5. The number of terminal acetylenes is 1. The van der Waals surface area contributed by atoms with Gasteiger partial charge in [-0.3, -0.25) is 0 Å². The average Bonchev–Trinajstić information content (AvgIpc) is 3.00. The molecule has 0 aliphatic heterocycles. The lowest BCUT2D eigenvalue weighted by Gasteiger charge is -2.35. The van der Waals surface area contributed by atoms with Crippen molar-refractivity contribution >= 4 is 17.1 Å². The van der Waals surface area contributed by atoms with Gasteiger partial charge < -0.3 is 27.8 Å². The molecule has 10 heteroatoms. The Hall–Kier alpha value is -0.840. The molecule has 48 heavy (non-hydrogen) atoms. The summed E-state index contributed by atoms with van der Waals surface area (Å²) < 4.78 is 28.5. The van der Waals surface area contributed by atoms with E-state index in [9.17, 15) is 0 Å². The van der Waals surface area contributed by atoms with Crippen LogP contribution in [-0.2, 0) is 18.1 Å². The van der Waals surface area contributed by atoms with E-state index in [0.29, 0.717) is 57.1 Å². The van der Waals surface area contributed by atoms with Crippen molar-refractivity contribution in [2.24, 2.45) is 5.92 Å². The Balaban J connectivity index is 0.000000952. The maximum absolute atomic E-state index is 6.95. The number of rotatable bonds is 25. The van der Waals surface area contributed by atoms with Crippen LogP contribution in [0, 0.1) is 31.4 Å². The van der Waals surface area contributed by atoms with Crippen molar-refractivity contribution in [2.45, 2.75) is 176 Å². The lowest BCUT2D eigenvalue weighted by molar-refractivity contribution is 0.175. The molecule has 0 aromatic rings. The molecular weight excluding hydrogens is 638 g/mol. The van der Waals surface area contributed by atoms with Crippen LogP contribution in [0.15, 0.2) is 0 Å². The van der Waals surface area contributed by atoms with Gasteiger partial charge in [-0.05, 0) is 80.6 Å². The van der Waals surface area contributed by atoms with Gasteiger partial charge in [0.1, 0.15) is 13.2 Å². The van der Waals surface area contributed by atoms with Crippen molar-refractivity contribution in [3.8, 4) is 12.3 Å². The van der Waals surface area contributed by atoms with Crippen LogP contribution in [0.5, 0.6) is 0 Å². The van der Waals surface area contributed by atoms with Gasteiger partial charge in [0.15, 0.2) is 0 Å². The van der Waals surface area contributed by atoms with Crippen molar-refractivity contribution < 1.29 is 18.1 Å². The number of hydrogen-bond acceptors (Lipinski definition) is 6. The Morgan fingerprint density at radius 2 is 1.00 bits per heavy atom. The SMILES string of the molecule is [C-]#[N+]CCOP(OCCCCCC#C)N(C(C)C)C(C)C.[C-]#[N+]CCOP(OCCCCCC1CCCCCCC1)N(C(C)C)C(C)C. The monoisotopic (exact) mass is 711 g/mol. The third-order valence-corrected chi connectivity index (χ3v) is 12.4. The van der Waals surface area contributed by atoms with E-state index in [1.54, 1.807) is 0 Å². The molecule has 8 nitrogen and oxygen atoms in total. The van der Waals surface area contributed by atoms with Gasteiger partial charge in [0.25, 0.3) is 17.1 Å². The molecule has 2 unspecified atom stereocenters. The van der Waals surface area contributed by atoms with Crippen molar-refractivity contribution in [2.75, 3.05) is 39.5 Å². The molecular formula is C38H72N4O4P2. The fourth-order valence-electron chi connectivity index (χ4n) is 5.95. The normalized spacial score (nSPS) is 15.6. The van der Waals surface area contributed by atoms with E-state index < -0.39 is 17.1 Å². The van der Waals surface area contributed by atoms with Gasteiger partial charge in [-0.1, -0.05) is 70.6 Å². The van der Waals surface area contributed by atoms with Crippen molar-refractivity contribution in [3.63, 3.8) is 0 Å². The molecule has 0 aromatic carbocycles. The van der Waals surface area contributed by atoms with Gasteiger partial charge in [-0.25, -0.2) is 22.5 Å². The van der Waals surface area contributed by atoms with Crippen molar-refractivity contribution in [1.82, 2.24) is 9.34 Å². The highest BCUT2D eigenvalue weighted by atomic mass is 31.2. The maximum Gasteiger partial charge on any atom is 0.259 e. The predicted octanol–water partition coefficient (Wildman–Crippen LogP) is 11.7. The van der Waals surface area contributed by atoms with Gasteiger partial charge in [0.05, 0.1) is 13.2 Å². The quantitative estimate of drug-likeness (QED) is 0.0407. The van der Waals surface area contributed by atoms with Gasteiger partial charge in [0.2, 0.25) is 13.1 Å². The molecule has 1 fully saturated rings. The summed E-state index contributed by atoms with van der Waals surface area (Å²) >= 11 is 0. The van der Waals surface area contributed by atoms with E-state index in [4.69, 9.17) is 37.7 Å². The average molecular weight is 711 g/mol. The van der Waals surface area contributed by atoms with Gasteiger partial charge >= 0.3 is 0 Å². The molecule has 0 saturated heterocycles. The number of hydrogen-bond donors (Lipinski definition) is 0. The first kappa shape index (κ1) is 47.2. The summed E-state index contributed by atoms with van der Waals surface area (Å²) in [5.74, 6) is 3.62. The zero-order chi connectivity index (χ0) is 36.0. The summed E-state index contributed by atoms with van der Waals surface area (Å²) in [7, 11) is -2.15. The largest absolute Gasteiger partial charge is 0.322 e. The van der Waals surface area contributed by atoms with Crippen LogP contribution in [0.2, 0.25) is 0 Å². The molecule has 0 amide bonds. The maximum atomic E-state index is 6.95. The minimum absolute atomic E-state index is 0.352. The van der Waals surface area contributed by atoms with Crippen LogP contribution in [0.4, 0.5) is 0 Å². The summed E-state index contributed by atoms with van der Waals surface area (Å²) in [6.45, 7) is 34.2. The minimum atomic E-state index is -1.09. The lowest BCUT2D eigenvalue weighted by Crippen LogP contribution is -2.33. The van der Waals surface area contributed by atoms with Crippen LogP contribution >= 0.6 is 17.1 Å². The number of nitrogens with zero attached hydrogens (tertiary/aromatic N) is 4. The highest BCUT2D eigenvalue weighted by Gasteiger charge is 2.28. The molecule has 0 radical (unpaired) electrons. The van der Waals surface area contributed by atoms with Crippen LogP contribution < -0.4 is 0 Å². The Labute approximate surface area is 300 Å². The fourth-order valence-corrected chi connectivity index (χ4v) is 9.19. The van der Waals surface area contributed by atoms with Crippen LogP contribution in [0.25, 0.3) is 9.69 Å². The molecule has 0 spiro atoms. The first-order chi connectivity index (χ1) is 23.1. The van der Waals surface area contributed by atoms with E-state index in [0.717, 1.165) is 44.6 Å². The standard InChI is InChI=1S/C22H43N2O2P.C16H29N2O2P/c1-20(2)24(21(3)4)27(26-19-17-23-5)25-18-13-9-12-16-22-14-10-7-6-8-11-15-22;1-7-8-9-10-11-13-19-21(20-14-12-17-6)18(15(2)3)16(4)5/h20-22H,6-19H2,1-4H3;1,15-16H,8-14H2,2-5H3. The van der Waals surface area contributed by atoms with E-state index in [1.807, 2.05) is 0 Å². The Morgan fingerprint density at radius 1 is 0.604 bits per heavy atom. The minimum Gasteiger partial charge on any atom is -0.322 e. The zero-order valence-electron chi connectivity index (χ0n) is 32.1. The summed E-state index contributed by atoms with van der Waals surface area (Å²) in [4.78, 5) is 6.73. The summed E-state index contributed by atoms with van der Waals surface area (Å²) in [5, 5.41) is 0. The topological polar surface area (TPSA) is 52.1 Å². The summed E-state index contributed by atoms with van der Waals surface area (Å²) in [6.07, 6.45) is 24.5. The third kappa shape index (κ3) is 24.3. The highest BCUT2D eigenvalue weighted by Crippen LogP contribution is 2.47. The third-order valence-electron chi connectivity index (χ3n) is 8.15. The molecule has 0 aromatic heterocycles. The molecule has 1 saturated carbocycles. The molecule has 0 bridgehead atoms. The molecule has 2 atom stereocenters. The van der Waals surface area contributed by atoms with Crippen LogP contribution in [-0.4, -0.2) is 73.0 Å². The van der Waals surface area contributed by atoms with E-state index >= 15 is 0 Å². The first-order valence-corrected chi connectivity index (χ1v) is 21.1. The van der Waals surface area contributed by atoms with Crippen molar-refractivity contribution in [1.29, 1.82) is 0 Å². The predicted molar refractivity (Wildman–Crippen MR) is 206 cm³/mol. The second-order valence-corrected chi connectivity index (χ2v) is 16.7. The second kappa shape index (κ2) is 32.1. The molecule has 1 rings (SSSR count). The van der Waals surface area contributed by atoms with Crippen LogP contribution in [0.3, 0.4) is 0 Å². The van der Waals surface area contributed by atoms with Gasteiger partial charge in [-0.15, -0.1) is 12.3 Å². The van der Waals surface area contributed by atoms with Crippen LogP contribution in [0.1, 0.15) is 152 Å². The van der Waals surface area contributed by atoms with E-state index in [-0.39, 0.29) is 0 Å². The summed E-state index contributed by atoms with van der Waals surface area (Å²) in [6, 6.07) is 1.46. The van der Waals surface area contributed by atoms with Gasteiger partial charge in [0, 0.05) is 30.6 Å². The zero-order valence-corrected chi connectivity index (χ0v) is 33.9. The summed E-state index contributed by atoms with van der Waals surface area (Å²) in [5.41, 5.74) is 0. The molecule has 278 valence electrons. The lowest BCUT2D eigenvalue weighted by atomic mass is 9.87. The Morgan fingerprint density at radius 3 is 1.40 bits per heavy atom. The van der Waals surface area contributed by atoms with E-state index in [2.05, 4.69) is 80.3 Å². The van der Waals surface area contributed by atoms with E-state index in [1.165, 1.54) is 64.2 Å².